The summed E-state index contributed by atoms with van der Waals surface area (Å²) >= 11 is 0. The summed E-state index contributed by atoms with van der Waals surface area (Å²) in [6.45, 7) is 0. The molecule has 0 bridgehead atoms. The molecule has 0 saturated heterocycles. The van der Waals surface area contributed by atoms with Crippen molar-refractivity contribution in [1.82, 2.24) is 0 Å². The molecule has 70 valence electrons. The molecular weight excluding hydrogens is 162 g/mol. The smallest absolute Gasteiger partial charge is 0.195 e. The van der Waals surface area contributed by atoms with Crippen molar-refractivity contribution in [2.75, 3.05) is 0 Å². The van der Waals surface area contributed by atoms with Crippen molar-refractivity contribution < 1.29 is 4.73 Å². The number of hydrogen-bond acceptors (Lipinski definition) is 1. The second-order valence-corrected chi connectivity index (χ2v) is 3.79. The second kappa shape index (κ2) is 3.77. The Morgan fingerprint density at radius 3 is 2.62 bits per heavy atom. The lowest BCUT2D eigenvalue weighted by molar-refractivity contribution is -0.615. The van der Waals surface area contributed by atoms with Crippen molar-refractivity contribution in [3.05, 3.63) is 35.3 Å². The molecule has 1 saturated carbocycles. The van der Waals surface area contributed by atoms with Gasteiger partial charge < -0.3 is 5.21 Å². The van der Waals surface area contributed by atoms with Crippen LogP contribution in [0, 0.1) is 5.21 Å². The van der Waals surface area contributed by atoms with E-state index in [-0.39, 0.29) is 0 Å². The first-order valence-electron chi connectivity index (χ1n) is 5.06. The van der Waals surface area contributed by atoms with Gasteiger partial charge in [-0.15, -0.1) is 0 Å². The van der Waals surface area contributed by atoms with Gasteiger partial charge in [0.1, 0.15) is 0 Å². The van der Waals surface area contributed by atoms with Gasteiger partial charge in [-0.3, -0.25) is 0 Å². The van der Waals surface area contributed by atoms with Gasteiger partial charge in [0.05, 0.1) is 0 Å². The molecule has 0 N–H and O–H groups in total. The number of aromatic nitrogens is 1. The Morgan fingerprint density at radius 1 is 1.15 bits per heavy atom. The highest BCUT2D eigenvalue weighted by Gasteiger charge is 2.21. The maximum Gasteiger partial charge on any atom is 0.195 e. The van der Waals surface area contributed by atoms with E-state index in [1.807, 2.05) is 12.1 Å². The molecule has 0 spiro atoms. The van der Waals surface area contributed by atoms with Crippen molar-refractivity contribution in [1.29, 1.82) is 0 Å². The average molecular weight is 177 g/mol. The fourth-order valence-corrected chi connectivity index (χ4v) is 2.16. The third-order valence-corrected chi connectivity index (χ3v) is 2.88. The fourth-order valence-electron chi connectivity index (χ4n) is 2.16. The molecule has 13 heavy (non-hydrogen) atoms. The molecule has 1 aromatic rings. The number of nitrogens with zero attached hydrogens (tertiary/aromatic N) is 1. The molecule has 1 aliphatic rings. The van der Waals surface area contributed by atoms with Crippen molar-refractivity contribution >= 4 is 0 Å². The summed E-state index contributed by atoms with van der Waals surface area (Å²) in [7, 11) is 0. The fraction of sp³-hybridized carbons (Fsp3) is 0.545. The van der Waals surface area contributed by atoms with E-state index in [2.05, 4.69) is 0 Å². The van der Waals surface area contributed by atoms with Crippen LogP contribution in [0.2, 0.25) is 0 Å². The lowest BCUT2D eigenvalue weighted by atomic mass is 9.87. The average Bonchev–Trinajstić information content (AvgIpc) is 2.20. The molecule has 2 rings (SSSR count). The van der Waals surface area contributed by atoms with Crippen molar-refractivity contribution in [3.8, 4) is 0 Å². The Balaban J connectivity index is 2.18. The van der Waals surface area contributed by atoms with Crippen LogP contribution in [0.25, 0.3) is 0 Å². The summed E-state index contributed by atoms with van der Waals surface area (Å²) in [6.07, 6.45) is 7.86. The molecule has 0 aromatic carbocycles. The van der Waals surface area contributed by atoms with Crippen molar-refractivity contribution in [2.45, 2.75) is 38.0 Å². The minimum atomic E-state index is 0.507. The first-order chi connectivity index (χ1) is 6.38. The van der Waals surface area contributed by atoms with E-state index in [1.54, 1.807) is 12.3 Å². The molecule has 2 heteroatoms. The van der Waals surface area contributed by atoms with Crippen LogP contribution in [-0.2, 0) is 0 Å². The maximum absolute atomic E-state index is 11.4. The highest BCUT2D eigenvalue weighted by Crippen LogP contribution is 2.30. The van der Waals surface area contributed by atoms with Gasteiger partial charge in [-0.25, -0.2) is 0 Å². The van der Waals surface area contributed by atoms with E-state index in [4.69, 9.17) is 0 Å². The van der Waals surface area contributed by atoms with Crippen molar-refractivity contribution in [3.63, 3.8) is 0 Å². The maximum atomic E-state index is 11.4. The zero-order valence-corrected chi connectivity index (χ0v) is 7.78. The van der Waals surface area contributed by atoms with Gasteiger partial charge in [0.2, 0.25) is 0 Å². The van der Waals surface area contributed by atoms with Crippen LogP contribution >= 0.6 is 0 Å². The number of hydrogen-bond donors (Lipinski definition) is 0. The van der Waals surface area contributed by atoms with Gasteiger partial charge in [-0.2, -0.15) is 4.73 Å². The normalized spacial score (nSPS) is 18.8. The second-order valence-electron chi connectivity index (χ2n) is 3.79. The predicted molar refractivity (Wildman–Crippen MR) is 51.2 cm³/mol. The first kappa shape index (κ1) is 8.54. The summed E-state index contributed by atoms with van der Waals surface area (Å²) in [5, 5.41) is 11.4. The lowest BCUT2D eigenvalue weighted by Crippen LogP contribution is -2.33. The molecule has 0 aliphatic heterocycles. The largest absolute Gasteiger partial charge is 0.618 e. The van der Waals surface area contributed by atoms with Gasteiger partial charge >= 0.3 is 0 Å². The van der Waals surface area contributed by atoms with Crippen LogP contribution in [0.1, 0.15) is 43.7 Å². The van der Waals surface area contributed by atoms with Crippen LogP contribution < -0.4 is 4.73 Å². The van der Waals surface area contributed by atoms with Gasteiger partial charge in [-0.1, -0.05) is 25.3 Å². The topological polar surface area (TPSA) is 26.9 Å². The summed E-state index contributed by atoms with van der Waals surface area (Å²) < 4.78 is 1.02. The monoisotopic (exact) mass is 177 g/mol. The molecule has 1 heterocycles. The molecule has 0 amide bonds. The highest BCUT2D eigenvalue weighted by atomic mass is 16.5. The van der Waals surface area contributed by atoms with Crippen LogP contribution in [0.15, 0.2) is 24.4 Å². The Hall–Kier alpha value is -1.05. The van der Waals surface area contributed by atoms with Crippen LogP contribution in [-0.4, -0.2) is 0 Å². The Labute approximate surface area is 78.8 Å². The quantitative estimate of drug-likeness (QED) is 0.478. The zero-order valence-electron chi connectivity index (χ0n) is 7.78. The molecular formula is C11H15NO. The highest BCUT2D eigenvalue weighted by molar-refractivity contribution is 5.04. The zero-order chi connectivity index (χ0) is 9.10. The molecule has 1 fully saturated rings. The molecule has 0 radical (unpaired) electrons. The van der Waals surface area contributed by atoms with Crippen LogP contribution in [0.3, 0.4) is 0 Å². The minimum absolute atomic E-state index is 0.507. The lowest BCUT2D eigenvalue weighted by Gasteiger charge is -2.19. The van der Waals surface area contributed by atoms with E-state index in [0.717, 1.165) is 10.4 Å². The van der Waals surface area contributed by atoms with Gasteiger partial charge in [0.15, 0.2) is 11.9 Å². The summed E-state index contributed by atoms with van der Waals surface area (Å²) in [5.41, 5.74) is 0.960. The Kier molecular flexibility index (Phi) is 2.48. The van der Waals surface area contributed by atoms with Crippen molar-refractivity contribution in [2.24, 2.45) is 0 Å². The minimum Gasteiger partial charge on any atom is -0.618 e. The molecule has 1 aromatic heterocycles. The number of rotatable bonds is 1. The van der Waals surface area contributed by atoms with Crippen LogP contribution in [0.4, 0.5) is 0 Å². The Morgan fingerprint density at radius 2 is 1.92 bits per heavy atom. The van der Waals surface area contributed by atoms with E-state index in [0.29, 0.717) is 5.92 Å². The molecule has 1 aliphatic carbocycles. The van der Waals surface area contributed by atoms with E-state index in [9.17, 15) is 5.21 Å². The third-order valence-electron chi connectivity index (χ3n) is 2.88. The summed E-state index contributed by atoms with van der Waals surface area (Å²) in [5.74, 6) is 0.507. The standard InChI is InChI=1S/C11H15NO/c13-12-9-5-4-8-11(12)10-6-2-1-3-7-10/h4-5,8-10H,1-3,6-7H2. The molecule has 0 unspecified atom stereocenters. The predicted octanol–water partition coefficient (Wildman–Crippen LogP) is 2.37. The Bertz CT molecular complexity index is 279. The molecule has 2 nitrogen and oxygen atoms in total. The van der Waals surface area contributed by atoms with E-state index < -0.39 is 0 Å². The summed E-state index contributed by atoms with van der Waals surface area (Å²) in [6, 6.07) is 5.71. The van der Waals surface area contributed by atoms with Gasteiger partial charge in [0.25, 0.3) is 0 Å². The third kappa shape index (κ3) is 1.82. The van der Waals surface area contributed by atoms with E-state index in [1.165, 1.54) is 32.1 Å². The molecule has 0 atom stereocenters. The van der Waals surface area contributed by atoms with Crippen LogP contribution in [0.5, 0.6) is 0 Å². The SMILES string of the molecule is [O-][n+]1ccccc1C1CCCCC1. The van der Waals surface area contributed by atoms with Gasteiger partial charge in [-0.05, 0) is 12.8 Å². The number of pyridine rings is 1. The van der Waals surface area contributed by atoms with Gasteiger partial charge in [0, 0.05) is 18.1 Å². The summed E-state index contributed by atoms with van der Waals surface area (Å²) in [4.78, 5) is 0. The first-order valence-corrected chi connectivity index (χ1v) is 5.06. The van der Waals surface area contributed by atoms with E-state index >= 15 is 0 Å².